The Morgan fingerprint density at radius 3 is 3.07 bits per heavy atom. The lowest BCUT2D eigenvalue weighted by Crippen LogP contribution is -2.39. The van der Waals surface area contributed by atoms with Crippen LogP contribution < -0.4 is 0 Å². The monoisotopic (exact) mass is 208 g/mol. The van der Waals surface area contributed by atoms with Crippen molar-refractivity contribution in [2.45, 2.75) is 26.7 Å². The second-order valence-electron chi connectivity index (χ2n) is 4.25. The van der Waals surface area contributed by atoms with E-state index in [4.69, 9.17) is 4.42 Å². The minimum absolute atomic E-state index is 0.00148. The lowest BCUT2D eigenvalue weighted by Gasteiger charge is -2.30. The molecule has 15 heavy (non-hydrogen) atoms. The molecule has 1 fully saturated rings. The van der Waals surface area contributed by atoms with Crippen LogP contribution in [-0.4, -0.2) is 28.9 Å². The highest BCUT2D eigenvalue weighted by Crippen LogP contribution is 2.17. The van der Waals surface area contributed by atoms with Crippen LogP contribution in [0.25, 0.3) is 0 Å². The number of carbonyl (C=O) groups is 1. The maximum Gasteiger partial charge on any atom is 0.275 e. The number of aromatic nitrogens is 1. The molecule has 0 bridgehead atoms. The minimum atomic E-state index is -0.00148. The average Bonchev–Trinajstić information content (AvgIpc) is 2.64. The molecule has 1 aliphatic rings. The quantitative estimate of drug-likeness (QED) is 0.707. The number of amides is 1. The summed E-state index contributed by atoms with van der Waals surface area (Å²) in [6.45, 7) is 5.60. The molecular formula is C11H16N2O2. The number of hydrogen-bond acceptors (Lipinski definition) is 3. The van der Waals surface area contributed by atoms with Gasteiger partial charge in [-0.3, -0.25) is 4.79 Å². The van der Waals surface area contributed by atoms with Gasteiger partial charge in [-0.15, -0.1) is 0 Å². The van der Waals surface area contributed by atoms with Gasteiger partial charge in [0.1, 0.15) is 6.26 Å². The third-order valence-corrected chi connectivity index (χ3v) is 2.78. The second kappa shape index (κ2) is 4.04. The van der Waals surface area contributed by atoms with Gasteiger partial charge in [-0.25, -0.2) is 4.98 Å². The molecule has 0 aromatic carbocycles. The smallest absolute Gasteiger partial charge is 0.275 e. The summed E-state index contributed by atoms with van der Waals surface area (Å²) >= 11 is 0. The number of hydrogen-bond donors (Lipinski definition) is 0. The molecule has 1 aromatic heterocycles. The van der Waals surface area contributed by atoms with Gasteiger partial charge in [-0.2, -0.15) is 0 Å². The second-order valence-corrected chi connectivity index (χ2v) is 4.25. The summed E-state index contributed by atoms with van der Waals surface area (Å²) in [5, 5.41) is 0. The highest BCUT2D eigenvalue weighted by atomic mass is 16.3. The molecule has 1 aliphatic heterocycles. The van der Waals surface area contributed by atoms with Crippen LogP contribution in [0, 0.1) is 12.8 Å². The lowest BCUT2D eigenvalue weighted by atomic mass is 10.0. The molecule has 2 heterocycles. The normalized spacial score (nSPS) is 21.7. The first-order valence-electron chi connectivity index (χ1n) is 5.38. The van der Waals surface area contributed by atoms with E-state index < -0.39 is 0 Å². The summed E-state index contributed by atoms with van der Waals surface area (Å²) < 4.78 is 5.04. The van der Waals surface area contributed by atoms with Gasteiger partial charge in [0.2, 0.25) is 0 Å². The fourth-order valence-corrected chi connectivity index (χ4v) is 2.00. The van der Waals surface area contributed by atoms with Crippen LogP contribution in [0.5, 0.6) is 0 Å². The highest BCUT2D eigenvalue weighted by Gasteiger charge is 2.23. The number of aryl methyl sites for hydroxylation is 1. The van der Waals surface area contributed by atoms with Crippen LogP contribution in [0.3, 0.4) is 0 Å². The number of piperidine rings is 1. The van der Waals surface area contributed by atoms with Crippen molar-refractivity contribution < 1.29 is 9.21 Å². The molecule has 0 spiro atoms. The summed E-state index contributed by atoms with van der Waals surface area (Å²) in [7, 11) is 0. The van der Waals surface area contributed by atoms with Crippen molar-refractivity contribution in [3.63, 3.8) is 0 Å². The van der Waals surface area contributed by atoms with Gasteiger partial charge in [-0.1, -0.05) is 6.92 Å². The summed E-state index contributed by atoms with van der Waals surface area (Å²) in [6, 6.07) is 0. The van der Waals surface area contributed by atoms with E-state index in [1.165, 1.54) is 12.7 Å². The number of likely N-dealkylation sites (tertiary alicyclic amines) is 1. The highest BCUT2D eigenvalue weighted by molar-refractivity contribution is 5.92. The third-order valence-electron chi connectivity index (χ3n) is 2.78. The van der Waals surface area contributed by atoms with Crippen LogP contribution in [0.15, 0.2) is 10.7 Å². The van der Waals surface area contributed by atoms with Crippen LogP contribution in [0.2, 0.25) is 0 Å². The molecule has 1 unspecified atom stereocenters. The summed E-state index contributed by atoms with van der Waals surface area (Å²) in [6.07, 6.45) is 3.74. The molecule has 1 aromatic rings. The summed E-state index contributed by atoms with van der Waals surface area (Å²) in [5.41, 5.74) is 0.432. The average molecular weight is 208 g/mol. The fourth-order valence-electron chi connectivity index (χ4n) is 2.00. The predicted molar refractivity (Wildman–Crippen MR) is 55.5 cm³/mol. The fraction of sp³-hybridized carbons (Fsp3) is 0.636. The number of nitrogens with zero attached hydrogens (tertiary/aromatic N) is 2. The van der Waals surface area contributed by atoms with E-state index in [2.05, 4.69) is 11.9 Å². The molecule has 2 rings (SSSR count). The zero-order chi connectivity index (χ0) is 10.8. The van der Waals surface area contributed by atoms with E-state index in [1.54, 1.807) is 6.92 Å². The van der Waals surface area contributed by atoms with Gasteiger partial charge in [0.25, 0.3) is 5.91 Å². The van der Waals surface area contributed by atoms with E-state index in [1.807, 2.05) is 4.90 Å². The van der Waals surface area contributed by atoms with Gasteiger partial charge < -0.3 is 9.32 Å². The summed E-state index contributed by atoms with van der Waals surface area (Å²) in [4.78, 5) is 17.9. The molecule has 0 aliphatic carbocycles. The van der Waals surface area contributed by atoms with E-state index in [-0.39, 0.29) is 5.91 Å². The number of rotatable bonds is 1. The molecular weight excluding hydrogens is 192 g/mol. The Bertz CT molecular complexity index is 359. The first kappa shape index (κ1) is 10.2. The Labute approximate surface area is 89.3 Å². The van der Waals surface area contributed by atoms with Gasteiger partial charge in [-0.05, 0) is 18.8 Å². The van der Waals surface area contributed by atoms with Crippen molar-refractivity contribution in [1.82, 2.24) is 9.88 Å². The molecule has 1 atom stereocenters. The molecule has 0 N–H and O–H groups in total. The van der Waals surface area contributed by atoms with Crippen LogP contribution >= 0.6 is 0 Å². The minimum Gasteiger partial charge on any atom is -0.448 e. The molecule has 1 amide bonds. The van der Waals surface area contributed by atoms with E-state index in [0.717, 1.165) is 19.5 Å². The molecule has 0 saturated carbocycles. The SMILES string of the molecule is Cc1nc(C(=O)N2CCCC(C)C2)co1. The van der Waals surface area contributed by atoms with Gasteiger partial charge in [0.05, 0.1) is 0 Å². The Morgan fingerprint density at radius 1 is 1.67 bits per heavy atom. The number of oxazole rings is 1. The van der Waals surface area contributed by atoms with E-state index in [9.17, 15) is 4.79 Å². The van der Waals surface area contributed by atoms with Crippen LogP contribution in [0.4, 0.5) is 0 Å². The van der Waals surface area contributed by atoms with Crippen LogP contribution in [0.1, 0.15) is 36.1 Å². The molecule has 4 nitrogen and oxygen atoms in total. The van der Waals surface area contributed by atoms with Crippen molar-refractivity contribution in [3.8, 4) is 0 Å². The zero-order valence-corrected chi connectivity index (χ0v) is 9.19. The first-order chi connectivity index (χ1) is 7.16. The Kier molecular flexibility index (Phi) is 2.75. The molecule has 4 heteroatoms. The van der Waals surface area contributed by atoms with Gasteiger partial charge in [0.15, 0.2) is 11.6 Å². The zero-order valence-electron chi connectivity index (χ0n) is 9.19. The summed E-state index contributed by atoms with van der Waals surface area (Å²) in [5.74, 6) is 1.14. The van der Waals surface area contributed by atoms with Crippen molar-refractivity contribution in [3.05, 3.63) is 17.8 Å². The van der Waals surface area contributed by atoms with Crippen molar-refractivity contribution in [2.75, 3.05) is 13.1 Å². The molecule has 82 valence electrons. The van der Waals surface area contributed by atoms with Crippen LogP contribution in [-0.2, 0) is 0 Å². The number of carbonyl (C=O) groups excluding carboxylic acids is 1. The van der Waals surface area contributed by atoms with Gasteiger partial charge >= 0.3 is 0 Å². The topological polar surface area (TPSA) is 46.3 Å². The van der Waals surface area contributed by atoms with Gasteiger partial charge in [0, 0.05) is 20.0 Å². The maximum atomic E-state index is 12.0. The Balaban J connectivity index is 2.07. The standard InChI is InChI=1S/C11H16N2O2/c1-8-4-3-5-13(6-8)11(14)10-7-15-9(2)12-10/h7-8H,3-6H2,1-2H3. The van der Waals surface area contributed by atoms with Crippen molar-refractivity contribution in [1.29, 1.82) is 0 Å². The van der Waals surface area contributed by atoms with Crippen molar-refractivity contribution >= 4 is 5.91 Å². The Morgan fingerprint density at radius 2 is 2.47 bits per heavy atom. The van der Waals surface area contributed by atoms with E-state index >= 15 is 0 Å². The predicted octanol–water partition coefficient (Wildman–Crippen LogP) is 1.86. The lowest BCUT2D eigenvalue weighted by molar-refractivity contribution is 0.0677. The first-order valence-corrected chi connectivity index (χ1v) is 5.38. The Hall–Kier alpha value is -1.32. The van der Waals surface area contributed by atoms with E-state index in [0.29, 0.717) is 17.5 Å². The van der Waals surface area contributed by atoms with Crippen molar-refractivity contribution in [2.24, 2.45) is 5.92 Å². The third kappa shape index (κ3) is 2.19. The largest absolute Gasteiger partial charge is 0.448 e. The molecule has 0 radical (unpaired) electrons. The molecule has 1 saturated heterocycles. The maximum absolute atomic E-state index is 12.0.